The summed E-state index contributed by atoms with van der Waals surface area (Å²) in [5.41, 5.74) is -1.49. The molecule has 0 atom stereocenters. The summed E-state index contributed by atoms with van der Waals surface area (Å²) in [5.74, 6) is -1.12. The zero-order valence-electron chi connectivity index (χ0n) is 18.0. The molecule has 0 aliphatic rings. The molecule has 1 N–H and O–H groups in total. The first-order valence-corrected chi connectivity index (χ1v) is 12.8. The summed E-state index contributed by atoms with van der Waals surface area (Å²) in [6, 6.07) is 12.7. The van der Waals surface area contributed by atoms with Gasteiger partial charge in [-0.05, 0) is 23.6 Å². The molecular weight excluding hydrogens is 526 g/mol. The van der Waals surface area contributed by atoms with E-state index in [9.17, 15) is 19.2 Å². The van der Waals surface area contributed by atoms with Gasteiger partial charge in [0.1, 0.15) is 23.2 Å². The fraction of sp³-hybridized carbons (Fsp3) is 0.0435. The Balaban J connectivity index is 1.21. The monoisotopic (exact) mass is 539 g/mol. The van der Waals surface area contributed by atoms with E-state index in [2.05, 4.69) is 15.5 Å². The first kappa shape index (κ1) is 23.7. The van der Waals surface area contributed by atoms with E-state index in [0.717, 1.165) is 6.26 Å². The third-order valence-electron chi connectivity index (χ3n) is 4.63. The highest BCUT2D eigenvalue weighted by atomic mass is 32.2. The minimum absolute atomic E-state index is 0.241. The van der Waals surface area contributed by atoms with E-state index in [1.165, 1.54) is 46.6 Å². The number of hydrogen-bond donors (Lipinski definition) is 1. The van der Waals surface area contributed by atoms with Crippen molar-refractivity contribution in [3.8, 4) is 5.75 Å². The largest absolute Gasteiger partial charge is 0.464 e. The Morgan fingerprint density at radius 2 is 1.94 bits per heavy atom. The Morgan fingerprint density at radius 1 is 1.08 bits per heavy atom. The van der Waals surface area contributed by atoms with Crippen molar-refractivity contribution >= 4 is 62.4 Å². The van der Waals surface area contributed by atoms with Crippen molar-refractivity contribution < 1.29 is 23.2 Å². The molecule has 1 amide bonds. The molecule has 0 spiro atoms. The number of anilines is 1. The molecule has 5 aromatic rings. The summed E-state index contributed by atoms with van der Waals surface area (Å²) >= 11 is 3.74. The van der Waals surface area contributed by atoms with E-state index >= 15 is 0 Å². The van der Waals surface area contributed by atoms with E-state index in [0.29, 0.717) is 31.1 Å². The van der Waals surface area contributed by atoms with Gasteiger partial charge in [-0.15, -0.1) is 21.5 Å². The Morgan fingerprint density at radius 3 is 2.75 bits per heavy atom. The van der Waals surface area contributed by atoms with Crippen LogP contribution in [0.1, 0.15) is 25.8 Å². The summed E-state index contributed by atoms with van der Waals surface area (Å²) in [4.78, 5) is 49.7. The highest BCUT2D eigenvalue weighted by molar-refractivity contribution is 8.00. The summed E-state index contributed by atoms with van der Waals surface area (Å²) < 4.78 is 16.2. The predicted octanol–water partition coefficient (Wildman–Crippen LogP) is 4.42. The lowest BCUT2D eigenvalue weighted by molar-refractivity contribution is 0.0724. The number of fused-ring (bicyclic) bond motifs is 1. The lowest BCUT2D eigenvalue weighted by Gasteiger charge is -2.04. The number of thioether (sulfide) groups is 1. The van der Waals surface area contributed by atoms with Crippen LogP contribution in [0, 0.1) is 0 Å². The number of rotatable bonds is 7. The zero-order valence-corrected chi connectivity index (χ0v) is 20.4. The predicted molar refractivity (Wildman–Crippen MR) is 134 cm³/mol. The van der Waals surface area contributed by atoms with Crippen LogP contribution in [0.3, 0.4) is 0 Å². The van der Waals surface area contributed by atoms with Gasteiger partial charge in [-0.2, -0.15) is 0 Å². The molecule has 0 radical (unpaired) electrons. The van der Waals surface area contributed by atoms with E-state index in [-0.39, 0.29) is 23.0 Å². The third kappa shape index (κ3) is 5.27. The lowest BCUT2D eigenvalue weighted by Crippen LogP contribution is -2.21. The number of nitrogens with zero attached hydrogens (tertiary/aromatic N) is 2. The molecule has 0 aliphatic carbocycles. The Kier molecular flexibility index (Phi) is 6.75. The highest BCUT2D eigenvalue weighted by Gasteiger charge is 2.18. The van der Waals surface area contributed by atoms with Crippen molar-refractivity contribution in [3.63, 3.8) is 0 Å². The second kappa shape index (κ2) is 10.3. The summed E-state index contributed by atoms with van der Waals surface area (Å²) in [7, 11) is 0. The van der Waals surface area contributed by atoms with Gasteiger partial charge < -0.3 is 13.6 Å². The normalized spacial score (nSPS) is 10.9. The number of ether oxygens (including phenoxy) is 1. The molecule has 5 rings (SSSR count). The summed E-state index contributed by atoms with van der Waals surface area (Å²) in [6.07, 6.45) is 1.01. The minimum Gasteiger partial charge on any atom is -0.464 e. The standard InChI is InChI=1S/C23H13N3O7S3/c27-15-9-13(11-35-23-26-25-22(36-23)24-19(28)18-6-3-7-34-18)31-10-17(15)33-21(30)14-8-12-4-1-2-5-16(12)32-20(14)29/h1-10H,11H2,(H,24,25,28). The van der Waals surface area contributed by atoms with Gasteiger partial charge in [0.05, 0.1) is 10.6 Å². The van der Waals surface area contributed by atoms with Gasteiger partial charge in [0.15, 0.2) is 4.34 Å². The Bertz CT molecular complexity index is 1690. The topological polar surface area (TPSA) is 142 Å². The fourth-order valence-electron chi connectivity index (χ4n) is 2.97. The molecule has 0 fully saturated rings. The van der Waals surface area contributed by atoms with Gasteiger partial charge in [0.2, 0.25) is 16.3 Å². The zero-order chi connectivity index (χ0) is 25.1. The average Bonchev–Trinajstić information content (AvgIpc) is 3.56. The molecule has 4 aromatic heterocycles. The summed E-state index contributed by atoms with van der Waals surface area (Å²) in [6.45, 7) is 0. The van der Waals surface area contributed by atoms with Crippen LogP contribution in [0.4, 0.5) is 5.13 Å². The molecule has 36 heavy (non-hydrogen) atoms. The smallest absolute Gasteiger partial charge is 0.351 e. The molecule has 13 heteroatoms. The van der Waals surface area contributed by atoms with Gasteiger partial charge in [-0.1, -0.05) is 47.4 Å². The molecule has 0 bridgehead atoms. The number of esters is 1. The first-order valence-electron chi connectivity index (χ1n) is 10.1. The van der Waals surface area contributed by atoms with Crippen LogP contribution in [-0.4, -0.2) is 22.1 Å². The number of benzene rings is 1. The van der Waals surface area contributed by atoms with Crippen molar-refractivity contribution in [2.24, 2.45) is 0 Å². The quantitative estimate of drug-likeness (QED) is 0.137. The number of hydrogen-bond acceptors (Lipinski definition) is 12. The number of para-hydroxylation sites is 1. The molecule has 10 nitrogen and oxygen atoms in total. The molecule has 180 valence electrons. The van der Waals surface area contributed by atoms with Crippen LogP contribution in [-0.2, 0) is 5.75 Å². The maximum Gasteiger partial charge on any atom is 0.351 e. The van der Waals surface area contributed by atoms with Crippen molar-refractivity contribution in [1.82, 2.24) is 10.2 Å². The SMILES string of the molecule is O=C(Nc1nnc(SCc2cc(=O)c(OC(=O)c3cc4ccccc4oc3=O)co2)s1)c1cccs1. The maximum absolute atomic E-state index is 12.5. The van der Waals surface area contributed by atoms with Gasteiger partial charge >= 0.3 is 11.6 Å². The number of carbonyl (C=O) groups excluding carboxylic acids is 2. The molecule has 0 saturated heterocycles. The van der Waals surface area contributed by atoms with E-state index in [4.69, 9.17) is 13.6 Å². The molecule has 4 heterocycles. The minimum atomic E-state index is -1.03. The van der Waals surface area contributed by atoms with Crippen LogP contribution >= 0.6 is 34.4 Å². The van der Waals surface area contributed by atoms with Crippen LogP contribution in [0.2, 0.25) is 0 Å². The summed E-state index contributed by atoms with van der Waals surface area (Å²) in [5, 5.41) is 13.3. The number of amides is 1. The van der Waals surface area contributed by atoms with E-state index < -0.39 is 17.0 Å². The average molecular weight is 540 g/mol. The second-order valence-corrected chi connectivity index (χ2v) is 10.2. The van der Waals surface area contributed by atoms with E-state index in [1.807, 2.05) is 0 Å². The first-order chi connectivity index (χ1) is 17.5. The van der Waals surface area contributed by atoms with Gasteiger partial charge in [-0.3, -0.25) is 14.9 Å². The maximum atomic E-state index is 12.5. The van der Waals surface area contributed by atoms with Crippen LogP contribution in [0.5, 0.6) is 5.75 Å². The molecule has 1 aromatic carbocycles. The second-order valence-electron chi connectivity index (χ2n) is 7.04. The van der Waals surface area contributed by atoms with Gasteiger partial charge in [0, 0.05) is 11.5 Å². The molecular formula is C23H13N3O7S3. The lowest BCUT2D eigenvalue weighted by atomic mass is 10.2. The Hall–Kier alpha value is -4.07. The van der Waals surface area contributed by atoms with Gasteiger partial charge in [0.25, 0.3) is 5.91 Å². The van der Waals surface area contributed by atoms with Crippen molar-refractivity contribution in [2.45, 2.75) is 10.1 Å². The molecule has 0 unspecified atom stereocenters. The highest BCUT2D eigenvalue weighted by Crippen LogP contribution is 2.29. The molecule has 0 aliphatic heterocycles. The van der Waals surface area contributed by atoms with Gasteiger partial charge in [-0.25, -0.2) is 9.59 Å². The molecule has 0 saturated carbocycles. The number of thiophene rings is 1. The Labute approximate surface area is 213 Å². The van der Waals surface area contributed by atoms with Crippen molar-refractivity contribution in [3.05, 3.63) is 97.0 Å². The van der Waals surface area contributed by atoms with Crippen LogP contribution in [0.15, 0.2) is 82.9 Å². The third-order valence-corrected chi connectivity index (χ3v) is 7.49. The number of carbonyl (C=O) groups is 2. The number of aromatic nitrogens is 2. The number of nitrogens with one attached hydrogen (secondary N) is 1. The van der Waals surface area contributed by atoms with E-state index in [1.54, 1.807) is 41.8 Å². The van der Waals surface area contributed by atoms with Crippen LogP contribution < -0.4 is 21.1 Å². The van der Waals surface area contributed by atoms with Crippen molar-refractivity contribution in [2.75, 3.05) is 5.32 Å². The van der Waals surface area contributed by atoms with Crippen LogP contribution in [0.25, 0.3) is 11.0 Å². The van der Waals surface area contributed by atoms with Crippen molar-refractivity contribution in [1.29, 1.82) is 0 Å². The fourth-order valence-corrected chi connectivity index (χ4v) is 5.22.